The molecule has 0 aliphatic carbocycles. The quantitative estimate of drug-likeness (QED) is 0.868. The Kier molecular flexibility index (Phi) is 4.26. The van der Waals surface area contributed by atoms with Crippen LogP contribution in [0.1, 0.15) is 25.5 Å². The molecule has 23 heavy (non-hydrogen) atoms. The number of benzene rings is 1. The number of rotatable bonds is 3. The molecule has 122 valence electrons. The van der Waals surface area contributed by atoms with Crippen molar-refractivity contribution in [1.82, 2.24) is 4.98 Å². The number of aliphatic imine (C=N–C) groups is 1. The van der Waals surface area contributed by atoms with Crippen LogP contribution >= 0.6 is 23.4 Å². The summed E-state index contributed by atoms with van der Waals surface area (Å²) in [5.74, 6) is 1.05. The van der Waals surface area contributed by atoms with Crippen molar-refractivity contribution >= 4 is 45.0 Å². The number of nitrogens with zero attached hydrogens (tertiary/aromatic N) is 1. The summed E-state index contributed by atoms with van der Waals surface area (Å²) in [6, 6.07) is 7.00. The second-order valence-electron chi connectivity index (χ2n) is 6.23. The number of hydrogen-bond acceptors (Lipinski definition) is 4. The fraction of sp³-hybridized carbons (Fsp3) is 0.471. The topological polar surface area (TPSA) is 49.4 Å². The second kappa shape index (κ2) is 6.38. The van der Waals surface area contributed by atoms with Crippen molar-refractivity contribution in [3.8, 4) is 0 Å². The number of nitrogens with one attached hydrogen (secondary N) is 2. The van der Waals surface area contributed by atoms with E-state index < -0.39 is 0 Å². The van der Waals surface area contributed by atoms with Gasteiger partial charge in [0, 0.05) is 35.4 Å². The summed E-state index contributed by atoms with van der Waals surface area (Å²) in [7, 11) is 0. The van der Waals surface area contributed by atoms with E-state index in [1.54, 1.807) is 0 Å². The monoisotopic (exact) mass is 349 g/mol. The van der Waals surface area contributed by atoms with Gasteiger partial charge in [0.1, 0.15) is 5.04 Å². The lowest BCUT2D eigenvalue weighted by atomic mass is 10.1. The smallest absolute Gasteiger partial charge is 0.114 e. The summed E-state index contributed by atoms with van der Waals surface area (Å²) < 4.78 is 5.44. The van der Waals surface area contributed by atoms with E-state index >= 15 is 0 Å². The van der Waals surface area contributed by atoms with Crippen LogP contribution in [-0.4, -0.2) is 41.1 Å². The molecular weight excluding hydrogens is 330 g/mol. The van der Waals surface area contributed by atoms with Crippen molar-refractivity contribution in [3.05, 3.63) is 28.9 Å². The van der Waals surface area contributed by atoms with Crippen molar-refractivity contribution in [1.29, 1.82) is 0 Å². The van der Waals surface area contributed by atoms with E-state index in [0.717, 1.165) is 64.2 Å². The van der Waals surface area contributed by atoms with Gasteiger partial charge in [-0.2, -0.15) is 0 Å². The molecule has 2 aromatic rings. The van der Waals surface area contributed by atoms with Gasteiger partial charge in [0.25, 0.3) is 0 Å². The maximum absolute atomic E-state index is 6.32. The zero-order chi connectivity index (χ0) is 15.8. The van der Waals surface area contributed by atoms with E-state index in [1.165, 1.54) is 0 Å². The predicted octanol–water partition coefficient (Wildman–Crippen LogP) is 4.29. The van der Waals surface area contributed by atoms with Crippen molar-refractivity contribution in [2.24, 2.45) is 4.99 Å². The Bertz CT molecular complexity index is 752. The molecule has 4 nitrogen and oxygen atoms in total. The summed E-state index contributed by atoms with van der Waals surface area (Å²) in [6.45, 7) is 3.79. The van der Waals surface area contributed by atoms with E-state index in [2.05, 4.69) is 23.3 Å². The molecule has 0 radical (unpaired) electrons. The molecule has 4 rings (SSSR count). The fourth-order valence-electron chi connectivity index (χ4n) is 3.12. The first-order chi connectivity index (χ1) is 11.2. The van der Waals surface area contributed by atoms with E-state index in [1.807, 2.05) is 23.9 Å². The first-order valence-electron chi connectivity index (χ1n) is 8.06. The number of fused-ring (bicyclic) bond motifs is 1. The minimum atomic E-state index is 0.393. The maximum atomic E-state index is 6.32. The number of halogens is 1. The minimum absolute atomic E-state index is 0.393. The first kappa shape index (κ1) is 15.4. The fourth-order valence-corrected chi connectivity index (χ4v) is 4.34. The summed E-state index contributed by atoms with van der Waals surface area (Å²) in [6.07, 6.45) is 2.06. The van der Waals surface area contributed by atoms with E-state index in [4.69, 9.17) is 21.3 Å². The minimum Gasteiger partial charge on any atom is -0.381 e. The zero-order valence-corrected chi connectivity index (χ0v) is 14.6. The zero-order valence-electron chi connectivity index (χ0n) is 13.1. The maximum Gasteiger partial charge on any atom is 0.114 e. The molecule has 1 atom stereocenters. The molecule has 0 spiro atoms. The molecular formula is C17H20ClN3OS. The Morgan fingerprint density at radius 2 is 2.13 bits per heavy atom. The van der Waals surface area contributed by atoms with Crippen LogP contribution in [0.15, 0.2) is 23.2 Å². The Hall–Kier alpha value is -1.17. The SMILES string of the molecule is CC1CSC(c2cc3cc(Cl)cc(NC4CCOCC4)c3[nH]2)=N1. The highest BCUT2D eigenvalue weighted by molar-refractivity contribution is 8.14. The molecule has 2 aliphatic heterocycles. The standard InChI is InChI=1S/C17H20ClN3OS/c1-10-9-23-17(19-10)15-7-11-6-12(18)8-14(16(11)21-15)20-13-2-4-22-5-3-13/h6-8,10,13,20-21H,2-5,9H2,1H3. The first-order valence-corrected chi connectivity index (χ1v) is 9.43. The Labute approximate surface area is 145 Å². The van der Waals surface area contributed by atoms with Gasteiger partial charge in [0.15, 0.2) is 0 Å². The molecule has 3 heterocycles. The van der Waals surface area contributed by atoms with Crippen LogP contribution in [0.4, 0.5) is 5.69 Å². The van der Waals surface area contributed by atoms with Gasteiger partial charge in [-0.05, 0) is 38.0 Å². The average molecular weight is 350 g/mol. The number of H-pyrrole nitrogens is 1. The summed E-state index contributed by atoms with van der Waals surface area (Å²) in [5, 5.41) is 6.62. The van der Waals surface area contributed by atoms with Crippen molar-refractivity contribution in [2.75, 3.05) is 24.3 Å². The molecule has 1 saturated heterocycles. The van der Waals surface area contributed by atoms with Crippen LogP contribution in [0.2, 0.25) is 5.02 Å². The Balaban J connectivity index is 1.69. The largest absolute Gasteiger partial charge is 0.381 e. The van der Waals surface area contributed by atoms with Crippen LogP contribution in [0.3, 0.4) is 0 Å². The van der Waals surface area contributed by atoms with E-state index in [9.17, 15) is 0 Å². The molecule has 2 aliphatic rings. The summed E-state index contributed by atoms with van der Waals surface area (Å²) in [5.41, 5.74) is 3.27. The van der Waals surface area contributed by atoms with Gasteiger partial charge in [-0.3, -0.25) is 4.99 Å². The van der Waals surface area contributed by atoms with E-state index in [-0.39, 0.29) is 0 Å². The molecule has 2 N–H and O–H groups in total. The molecule has 6 heteroatoms. The van der Waals surface area contributed by atoms with Gasteiger partial charge in [0.05, 0.1) is 22.9 Å². The third-order valence-electron chi connectivity index (χ3n) is 4.30. The van der Waals surface area contributed by atoms with Gasteiger partial charge < -0.3 is 15.0 Å². The lowest BCUT2D eigenvalue weighted by Gasteiger charge is -2.24. The number of aromatic nitrogens is 1. The third-order valence-corrected chi connectivity index (χ3v) is 5.77. The number of hydrogen-bond donors (Lipinski definition) is 2. The van der Waals surface area contributed by atoms with Gasteiger partial charge in [0.2, 0.25) is 0 Å². The summed E-state index contributed by atoms with van der Waals surface area (Å²) in [4.78, 5) is 8.24. The highest BCUT2D eigenvalue weighted by Gasteiger charge is 2.20. The van der Waals surface area contributed by atoms with Crippen LogP contribution < -0.4 is 5.32 Å². The second-order valence-corrected chi connectivity index (χ2v) is 7.67. The average Bonchev–Trinajstić information content (AvgIpc) is 3.14. The van der Waals surface area contributed by atoms with E-state index in [0.29, 0.717) is 12.1 Å². The van der Waals surface area contributed by atoms with Crippen LogP contribution in [0.5, 0.6) is 0 Å². The number of ether oxygens (including phenoxy) is 1. The third kappa shape index (κ3) is 3.23. The molecule has 0 amide bonds. The molecule has 0 bridgehead atoms. The van der Waals surface area contributed by atoms with Crippen molar-refractivity contribution < 1.29 is 4.74 Å². The van der Waals surface area contributed by atoms with Crippen LogP contribution in [0, 0.1) is 0 Å². The van der Waals surface area contributed by atoms with Gasteiger partial charge in [-0.1, -0.05) is 11.6 Å². The molecule has 0 saturated carbocycles. The number of anilines is 1. The number of thioether (sulfide) groups is 1. The van der Waals surface area contributed by atoms with Crippen LogP contribution in [-0.2, 0) is 4.74 Å². The normalized spacial score (nSPS) is 22.5. The predicted molar refractivity (Wildman–Crippen MR) is 99.2 cm³/mol. The molecule has 1 fully saturated rings. The van der Waals surface area contributed by atoms with Crippen molar-refractivity contribution in [3.63, 3.8) is 0 Å². The molecule has 1 unspecified atom stereocenters. The van der Waals surface area contributed by atoms with Crippen molar-refractivity contribution in [2.45, 2.75) is 31.8 Å². The molecule has 1 aromatic heterocycles. The van der Waals surface area contributed by atoms with Gasteiger partial charge in [-0.15, -0.1) is 11.8 Å². The highest BCUT2D eigenvalue weighted by atomic mass is 35.5. The van der Waals surface area contributed by atoms with Gasteiger partial charge >= 0.3 is 0 Å². The number of aromatic amines is 1. The lowest BCUT2D eigenvalue weighted by molar-refractivity contribution is 0.0905. The van der Waals surface area contributed by atoms with Crippen LogP contribution in [0.25, 0.3) is 10.9 Å². The molecule has 1 aromatic carbocycles. The Morgan fingerprint density at radius 3 is 2.87 bits per heavy atom. The highest BCUT2D eigenvalue weighted by Crippen LogP contribution is 2.32. The Morgan fingerprint density at radius 1 is 1.30 bits per heavy atom. The van der Waals surface area contributed by atoms with Gasteiger partial charge in [-0.25, -0.2) is 0 Å². The summed E-state index contributed by atoms with van der Waals surface area (Å²) >= 11 is 8.13. The lowest BCUT2D eigenvalue weighted by Crippen LogP contribution is -2.27.